The van der Waals surface area contributed by atoms with E-state index >= 15 is 0 Å². The van der Waals surface area contributed by atoms with Crippen molar-refractivity contribution in [2.75, 3.05) is 12.4 Å². The summed E-state index contributed by atoms with van der Waals surface area (Å²) < 4.78 is 5.96. The second kappa shape index (κ2) is 5.53. The molecule has 2 aromatic rings. The van der Waals surface area contributed by atoms with Gasteiger partial charge in [0.25, 0.3) is 0 Å². The van der Waals surface area contributed by atoms with Crippen molar-refractivity contribution in [3.8, 4) is 11.6 Å². The average Bonchev–Trinajstić information content (AvgIpc) is 3.29. The number of hydrogen-bond acceptors (Lipinski definition) is 4. The van der Waals surface area contributed by atoms with Gasteiger partial charge in [0.05, 0.1) is 10.6 Å². The van der Waals surface area contributed by atoms with Gasteiger partial charge in [-0.05, 0) is 44.4 Å². The number of nitrogens with zero attached hydrogens (tertiary/aromatic N) is 2. The summed E-state index contributed by atoms with van der Waals surface area (Å²) in [6, 6.07) is 5.71. The van der Waals surface area contributed by atoms with E-state index in [2.05, 4.69) is 15.3 Å². The van der Waals surface area contributed by atoms with Crippen LogP contribution in [-0.4, -0.2) is 17.0 Å². The Labute approximate surface area is 129 Å². The fourth-order valence-electron chi connectivity index (χ4n) is 2.17. The van der Waals surface area contributed by atoms with Crippen molar-refractivity contribution in [2.24, 2.45) is 0 Å². The second-order valence-corrected chi connectivity index (χ2v) is 5.83. The summed E-state index contributed by atoms with van der Waals surface area (Å²) in [6.07, 6.45) is 2.30. The molecule has 1 fully saturated rings. The smallest absolute Gasteiger partial charge is 0.227 e. The fourth-order valence-corrected chi connectivity index (χ4v) is 2.33. The molecule has 0 aliphatic heterocycles. The number of nitrogens with one attached hydrogen (secondary N) is 1. The second-order valence-electron chi connectivity index (χ2n) is 5.42. The Hall–Kier alpha value is -1.81. The van der Waals surface area contributed by atoms with Gasteiger partial charge in [0.2, 0.25) is 5.88 Å². The highest BCUT2D eigenvalue weighted by Gasteiger charge is 2.28. The monoisotopic (exact) mass is 303 g/mol. The van der Waals surface area contributed by atoms with Crippen LogP contribution in [-0.2, 0) is 0 Å². The lowest BCUT2D eigenvalue weighted by Gasteiger charge is -2.13. The summed E-state index contributed by atoms with van der Waals surface area (Å²) in [6.45, 7) is 3.95. The van der Waals surface area contributed by atoms with E-state index in [1.54, 1.807) is 0 Å². The lowest BCUT2D eigenvalue weighted by atomic mass is 10.2. The summed E-state index contributed by atoms with van der Waals surface area (Å²) in [7, 11) is 1.86. The number of anilines is 1. The maximum atomic E-state index is 6.20. The van der Waals surface area contributed by atoms with Crippen LogP contribution in [0, 0.1) is 13.8 Å². The maximum absolute atomic E-state index is 6.20. The van der Waals surface area contributed by atoms with Crippen molar-refractivity contribution >= 4 is 17.4 Å². The van der Waals surface area contributed by atoms with Crippen molar-refractivity contribution in [3.05, 3.63) is 40.2 Å². The molecule has 0 spiro atoms. The summed E-state index contributed by atoms with van der Waals surface area (Å²) in [4.78, 5) is 9.14. The highest BCUT2D eigenvalue weighted by atomic mass is 35.5. The normalized spacial score (nSPS) is 14.1. The van der Waals surface area contributed by atoms with Crippen LogP contribution >= 0.6 is 11.6 Å². The van der Waals surface area contributed by atoms with Crippen LogP contribution < -0.4 is 10.1 Å². The Morgan fingerprint density at radius 3 is 2.67 bits per heavy atom. The predicted molar refractivity (Wildman–Crippen MR) is 84.6 cm³/mol. The zero-order valence-corrected chi connectivity index (χ0v) is 13.2. The van der Waals surface area contributed by atoms with Gasteiger partial charge in [0.15, 0.2) is 0 Å². The van der Waals surface area contributed by atoms with E-state index in [4.69, 9.17) is 16.3 Å². The topological polar surface area (TPSA) is 47.0 Å². The van der Waals surface area contributed by atoms with Gasteiger partial charge in [0, 0.05) is 13.0 Å². The molecule has 1 aromatic carbocycles. The molecule has 0 unspecified atom stereocenters. The van der Waals surface area contributed by atoms with Gasteiger partial charge >= 0.3 is 0 Å². The molecule has 1 aliphatic carbocycles. The standard InChI is InChI=1S/C16H18ClN3O/c1-9-4-7-12(17)13(8-9)21-16-10(2)14(18-3)19-15(20-16)11-5-6-11/h4,7-8,11H,5-6H2,1-3H3,(H,18,19,20). The number of rotatable bonds is 4. The Bertz CT molecular complexity index is 683. The first-order valence-electron chi connectivity index (χ1n) is 7.08. The maximum Gasteiger partial charge on any atom is 0.227 e. The molecule has 4 nitrogen and oxygen atoms in total. The first-order valence-corrected chi connectivity index (χ1v) is 7.46. The molecular formula is C16H18ClN3O. The van der Waals surface area contributed by atoms with Crippen molar-refractivity contribution in [1.29, 1.82) is 0 Å². The Morgan fingerprint density at radius 2 is 2.00 bits per heavy atom. The minimum atomic E-state index is 0.466. The zero-order valence-electron chi connectivity index (χ0n) is 12.4. The third-order valence-electron chi connectivity index (χ3n) is 3.59. The molecule has 3 rings (SSSR count). The van der Waals surface area contributed by atoms with Gasteiger partial charge < -0.3 is 10.1 Å². The van der Waals surface area contributed by atoms with Gasteiger partial charge in [-0.2, -0.15) is 4.98 Å². The highest BCUT2D eigenvalue weighted by molar-refractivity contribution is 6.32. The lowest BCUT2D eigenvalue weighted by molar-refractivity contribution is 0.454. The van der Waals surface area contributed by atoms with Crippen LogP contribution in [0.4, 0.5) is 5.82 Å². The average molecular weight is 304 g/mol. The largest absolute Gasteiger partial charge is 0.437 e. The van der Waals surface area contributed by atoms with E-state index in [-0.39, 0.29) is 0 Å². The quantitative estimate of drug-likeness (QED) is 0.906. The molecule has 0 amide bonds. The Morgan fingerprint density at radius 1 is 1.24 bits per heavy atom. The minimum absolute atomic E-state index is 0.466. The molecule has 0 bridgehead atoms. The lowest BCUT2D eigenvalue weighted by Crippen LogP contribution is -2.04. The van der Waals surface area contributed by atoms with Crippen LogP contribution in [0.3, 0.4) is 0 Å². The van der Waals surface area contributed by atoms with Gasteiger partial charge in [-0.3, -0.25) is 0 Å². The molecule has 0 radical (unpaired) electrons. The van der Waals surface area contributed by atoms with Crippen LogP contribution in [0.5, 0.6) is 11.6 Å². The van der Waals surface area contributed by atoms with E-state index in [9.17, 15) is 0 Å². The van der Waals surface area contributed by atoms with Gasteiger partial charge in [-0.15, -0.1) is 0 Å². The third-order valence-corrected chi connectivity index (χ3v) is 3.90. The minimum Gasteiger partial charge on any atom is -0.437 e. The van der Waals surface area contributed by atoms with E-state index < -0.39 is 0 Å². The van der Waals surface area contributed by atoms with Gasteiger partial charge in [0.1, 0.15) is 17.4 Å². The molecule has 5 heteroatoms. The van der Waals surface area contributed by atoms with Crippen LogP contribution in [0.2, 0.25) is 5.02 Å². The number of halogens is 1. The van der Waals surface area contributed by atoms with E-state index in [1.165, 1.54) is 0 Å². The van der Waals surface area contributed by atoms with E-state index in [0.717, 1.165) is 35.6 Å². The molecule has 1 N–H and O–H groups in total. The summed E-state index contributed by atoms with van der Waals surface area (Å²) in [5.41, 5.74) is 1.98. The molecule has 21 heavy (non-hydrogen) atoms. The number of aryl methyl sites for hydroxylation is 1. The fraction of sp³-hybridized carbons (Fsp3) is 0.375. The van der Waals surface area contributed by atoms with E-state index in [1.807, 2.05) is 39.1 Å². The molecule has 1 aromatic heterocycles. The van der Waals surface area contributed by atoms with Crippen molar-refractivity contribution < 1.29 is 4.74 Å². The molecule has 0 atom stereocenters. The number of aromatic nitrogens is 2. The number of benzene rings is 1. The number of ether oxygens (including phenoxy) is 1. The molecule has 110 valence electrons. The van der Waals surface area contributed by atoms with Crippen LogP contribution in [0.25, 0.3) is 0 Å². The SMILES string of the molecule is CNc1nc(C2CC2)nc(Oc2cc(C)ccc2Cl)c1C. The molecule has 1 saturated carbocycles. The zero-order chi connectivity index (χ0) is 15.0. The van der Waals surface area contributed by atoms with Gasteiger partial charge in [-0.25, -0.2) is 4.98 Å². The summed E-state index contributed by atoms with van der Waals surface area (Å²) in [5.74, 6) is 3.33. The van der Waals surface area contributed by atoms with Gasteiger partial charge in [-0.1, -0.05) is 17.7 Å². The van der Waals surface area contributed by atoms with Crippen molar-refractivity contribution in [2.45, 2.75) is 32.6 Å². The third kappa shape index (κ3) is 2.95. The van der Waals surface area contributed by atoms with Crippen LogP contribution in [0.15, 0.2) is 18.2 Å². The highest BCUT2D eigenvalue weighted by Crippen LogP contribution is 2.41. The Kier molecular flexibility index (Phi) is 3.72. The predicted octanol–water partition coefficient (Wildman–Crippen LogP) is 4.46. The molecule has 0 saturated heterocycles. The molecule has 1 aliphatic rings. The number of hydrogen-bond donors (Lipinski definition) is 1. The summed E-state index contributed by atoms with van der Waals surface area (Å²) >= 11 is 6.20. The van der Waals surface area contributed by atoms with E-state index in [0.29, 0.717) is 22.6 Å². The van der Waals surface area contributed by atoms with Crippen molar-refractivity contribution in [1.82, 2.24) is 9.97 Å². The van der Waals surface area contributed by atoms with Crippen LogP contribution in [0.1, 0.15) is 35.7 Å². The molecule has 1 heterocycles. The first-order chi connectivity index (χ1) is 10.1. The Balaban J connectivity index is 2.00. The first kappa shape index (κ1) is 14.1. The summed E-state index contributed by atoms with van der Waals surface area (Å²) in [5, 5.41) is 3.69. The van der Waals surface area contributed by atoms with Crippen molar-refractivity contribution in [3.63, 3.8) is 0 Å². The molecular weight excluding hydrogens is 286 g/mol.